The number of hydrogen-bond acceptors (Lipinski definition) is 6. The Balaban J connectivity index is 2.08. The Kier molecular flexibility index (Phi) is 7.77. The molecule has 1 saturated heterocycles. The zero-order valence-corrected chi connectivity index (χ0v) is 16.9. The van der Waals surface area contributed by atoms with E-state index in [1.54, 1.807) is 0 Å². The molecule has 164 valence electrons. The van der Waals surface area contributed by atoms with Gasteiger partial charge in [-0.05, 0) is 18.4 Å². The van der Waals surface area contributed by atoms with Crippen molar-refractivity contribution in [2.75, 3.05) is 6.54 Å². The minimum atomic E-state index is -2.75. The highest BCUT2D eigenvalue weighted by molar-refractivity contribution is 6.22. The van der Waals surface area contributed by atoms with Gasteiger partial charge in [0, 0.05) is 13.0 Å². The number of aliphatic hydroxyl groups is 1. The summed E-state index contributed by atoms with van der Waals surface area (Å²) in [5, 5.41) is 21.6. The summed E-state index contributed by atoms with van der Waals surface area (Å²) in [6.45, 7) is -0.287. The zero-order valence-electron chi connectivity index (χ0n) is 16.2. The molecule has 2 unspecified atom stereocenters. The van der Waals surface area contributed by atoms with Gasteiger partial charge in [0.1, 0.15) is 6.04 Å². The van der Waals surface area contributed by atoms with Gasteiger partial charge in [0.25, 0.3) is 5.72 Å². The number of alkyl halides is 1. The molecule has 1 aromatic rings. The molecule has 3 amide bonds. The Morgan fingerprint density at radius 1 is 1.27 bits per heavy atom. The second-order valence-corrected chi connectivity index (χ2v) is 7.71. The van der Waals surface area contributed by atoms with Gasteiger partial charge in [-0.1, -0.05) is 30.3 Å². The number of aliphatic carboxylic acids is 1. The number of carbonyl (C=O) groups is 4. The van der Waals surface area contributed by atoms with Gasteiger partial charge in [-0.2, -0.15) is 0 Å². The number of hydrogen-bond donors (Lipinski definition) is 5. The quantitative estimate of drug-likeness (QED) is 0.303. The van der Waals surface area contributed by atoms with Crippen molar-refractivity contribution in [2.45, 2.75) is 48.9 Å². The maximum atomic E-state index is 12.7. The van der Waals surface area contributed by atoms with Crippen LogP contribution in [0.3, 0.4) is 0 Å². The van der Waals surface area contributed by atoms with E-state index in [0.29, 0.717) is 12.8 Å². The summed E-state index contributed by atoms with van der Waals surface area (Å²) in [5.74, 6) is -4.09. The minimum Gasteiger partial charge on any atom is -0.478 e. The molecule has 1 fully saturated rings. The number of aryl methyl sites for hydroxylation is 1. The Labute approximate surface area is 178 Å². The molecule has 0 bridgehead atoms. The van der Waals surface area contributed by atoms with Crippen molar-refractivity contribution in [3.63, 3.8) is 0 Å². The molecule has 0 spiro atoms. The van der Waals surface area contributed by atoms with E-state index in [-0.39, 0.29) is 13.0 Å². The first-order valence-electron chi connectivity index (χ1n) is 9.35. The van der Waals surface area contributed by atoms with Crippen LogP contribution in [0.1, 0.15) is 24.8 Å². The Morgan fingerprint density at radius 3 is 2.47 bits per heavy atom. The van der Waals surface area contributed by atoms with E-state index >= 15 is 0 Å². The molecule has 7 N–H and O–H groups in total. The summed E-state index contributed by atoms with van der Waals surface area (Å²) in [6, 6.07) is 6.55. The summed E-state index contributed by atoms with van der Waals surface area (Å²) >= 11 is 6.17. The lowest BCUT2D eigenvalue weighted by Crippen LogP contribution is -2.65. The van der Waals surface area contributed by atoms with Gasteiger partial charge in [-0.15, -0.1) is 11.6 Å². The number of halogens is 1. The first-order valence-corrected chi connectivity index (χ1v) is 9.79. The minimum absolute atomic E-state index is 0.0179. The van der Waals surface area contributed by atoms with Crippen molar-refractivity contribution < 1.29 is 29.4 Å². The number of primary amides is 1. The van der Waals surface area contributed by atoms with E-state index in [4.69, 9.17) is 23.1 Å². The molecule has 1 aromatic carbocycles. The fourth-order valence-corrected chi connectivity index (χ4v) is 3.74. The summed E-state index contributed by atoms with van der Waals surface area (Å²) in [5.41, 5.74) is 8.82. The van der Waals surface area contributed by atoms with Crippen LogP contribution in [0.5, 0.6) is 0 Å². The fourth-order valence-electron chi connectivity index (χ4n) is 3.36. The highest BCUT2D eigenvalue weighted by atomic mass is 35.5. The highest BCUT2D eigenvalue weighted by Crippen LogP contribution is 2.32. The SMILES string of the molecule is NC(=O)C[C@H](N)C(=O)NC1C(Cl)CN(C(=O)CCCc2ccccc2)[C@]1(O)C(=O)O. The number of benzene rings is 1. The number of amides is 3. The van der Waals surface area contributed by atoms with Crippen LogP contribution in [0.15, 0.2) is 30.3 Å². The average Bonchev–Trinajstić information content (AvgIpc) is 2.94. The molecule has 11 heteroatoms. The molecule has 0 aromatic heterocycles. The summed E-state index contributed by atoms with van der Waals surface area (Å²) < 4.78 is 0. The predicted octanol–water partition coefficient (Wildman–Crippen LogP) is -1.08. The first kappa shape index (κ1) is 23.6. The lowest BCUT2D eigenvalue weighted by atomic mass is 10.0. The number of carbonyl (C=O) groups excluding carboxylic acids is 3. The molecule has 30 heavy (non-hydrogen) atoms. The number of carboxylic acids is 1. The fraction of sp³-hybridized carbons (Fsp3) is 0.474. The van der Waals surface area contributed by atoms with Crippen LogP contribution in [0.4, 0.5) is 0 Å². The Morgan fingerprint density at radius 2 is 1.90 bits per heavy atom. The molecule has 1 aliphatic heterocycles. The number of likely N-dealkylation sites (tertiary alicyclic amines) is 1. The maximum absolute atomic E-state index is 12.7. The van der Waals surface area contributed by atoms with Crippen LogP contribution < -0.4 is 16.8 Å². The summed E-state index contributed by atoms with van der Waals surface area (Å²) in [4.78, 5) is 48.4. The standard InChI is InChI=1S/C19H25ClN4O6/c20-12-10-24(15(26)8-4-7-11-5-2-1-3-6-11)19(30,18(28)29)16(12)23-17(27)13(21)9-14(22)25/h1-3,5-6,12-13,16,30H,4,7-10,21H2,(H2,22,25)(H,23,27)(H,28,29)/t12?,13-,16?,19+/m0/s1. The van der Waals surface area contributed by atoms with Crippen LogP contribution in [-0.4, -0.2) is 68.5 Å². The molecular weight excluding hydrogens is 416 g/mol. The van der Waals surface area contributed by atoms with Crippen LogP contribution in [0, 0.1) is 0 Å². The van der Waals surface area contributed by atoms with Crippen LogP contribution in [-0.2, 0) is 25.6 Å². The molecule has 4 atom stereocenters. The van der Waals surface area contributed by atoms with E-state index in [9.17, 15) is 29.4 Å². The molecule has 0 radical (unpaired) electrons. The largest absolute Gasteiger partial charge is 0.478 e. The van der Waals surface area contributed by atoms with Crippen molar-refractivity contribution in [3.8, 4) is 0 Å². The van der Waals surface area contributed by atoms with Gasteiger partial charge in [0.05, 0.1) is 17.8 Å². The van der Waals surface area contributed by atoms with Gasteiger partial charge < -0.3 is 31.9 Å². The molecular formula is C19H25ClN4O6. The number of rotatable bonds is 9. The van der Waals surface area contributed by atoms with Gasteiger partial charge in [-0.25, -0.2) is 4.79 Å². The zero-order chi connectivity index (χ0) is 22.5. The van der Waals surface area contributed by atoms with Crippen LogP contribution in [0.2, 0.25) is 0 Å². The van der Waals surface area contributed by atoms with Crippen molar-refractivity contribution in [1.29, 1.82) is 0 Å². The molecule has 0 saturated carbocycles. The lowest BCUT2D eigenvalue weighted by molar-refractivity contribution is -0.186. The number of nitrogens with zero attached hydrogens (tertiary/aromatic N) is 1. The third-order valence-corrected chi connectivity index (χ3v) is 5.32. The third kappa shape index (κ3) is 5.26. The normalized spacial score (nSPS) is 24.3. The smallest absolute Gasteiger partial charge is 0.359 e. The number of carboxylic acid groups (broad SMARTS) is 1. The van der Waals surface area contributed by atoms with E-state index in [1.807, 2.05) is 30.3 Å². The lowest BCUT2D eigenvalue weighted by Gasteiger charge is -2.34. The average molecular weight is 441 g/mol. The van der Waals surface area contributed by atoms with E-state index in [1.165, 1.54) is 0 Å². The van der Waals surface area contributed by atoms with Crippen molar-refractivity contribution in [3.05, 3.63) is 35.9 Å². The first-order chi connectivity index (χ1) is 14.1. The van der Waals surface area contributed by atoms with E-state index < -0.39 is 53.3 Å². The molecule has 1 heterocycles. The van der Waals surface area contributed by atoms with Gasteiger partial charge in [0.15, 0.2) is 0 Å². The summed E-state index contributed by atoms with van der Waals surface area (Å²) in [7, 11) is 0. The topological polar surface area (TPSA) is 176 Å². The Hall–Kier alpha value is -2.69. The highest BCUT2D eigenvalue weighted by Gasteiger charge is 2.60. The van der Waals surface area contributed by atoms with Gasteiger partial charge >= 0.3 is 5.97 Å². The third-order valence-electron chi connectivity index (χ3n) is 4.93. The molecule has 1 aliphatic rings. The number of nitrogens with two attached hydrogens (primary N) is 2. The molecule has 0 aliphatic carbocycles. The summed E-state index contributed by atoms with van der Waals surface area (Å²) in [6.07, 6.45) is 0.538. The van der Waals surface area contributed by atoms with Crippen molar-refractivity contribution in [2.24, 2.45) is 11.5 Å². The maximum Gasteiger partial charge on any atom is 0.359 e. The van der Waals surface area contributed by atoms with Crippen molar-refractivity contribution >= 4 is 35.3 Å². The number of nitrogens with one attached hydrogen (secondary N) is 1. The van der Waals surface area contributed by atoms with Gasteiger partial charge in [0.2, 0.25) is 17.7 Å². The monoisotopic (exact) mass is 440 g/mol. The van der Waals surface area contributed by atoms with E-state index in [0.717, 1.165) is 10.5 Å². The van der Waals surface area contributed by atoms with E-state index in [2.05, 4.69) is 5.32 Å². The van der Waals surface area contributed by atoms with Crippen LogP contribution >= 0.6 is 11.6 Å². The molecule has 10 nitrogen and oxygen atoms in total. The van der Waals surface area contributed by atoms with Crippen LogP contribution in [0.25, 0.3) is 0 Å². The second-order valence-electron chi connectivity index (χ2n) is 7.15. The van der Waals surface area contributed by atoms with Crippen molar-refractivity contribution in [1.82, 2.24) is 10.2 Å². The Bertz CT molecular complexity index is 807. The predicted molar refractivity (Wildman–Crippen MR) is 107 cm³/mol. The molecule has 2 rings (SSSR count). The second kappa shape index (κ2) is 9.88. The van der Waals surface area contributed by atoms with Gasteiger partial charge in [-0.3, -0.25) is 14.4 Å².